The maximum Gasteiger partial charge on any atom is 0.289 e. The predicted molar refractivity (Wildman–Crippen MR) is 94.2 cm³/mol. The van der Waals surface area contributed by atoms with Crippen LogP contribution < -0.4 is 0 Å². The van der Waals surface area contributed by atoms with Gasteiger partial charge in [0.05, 0.1) is 10.8 Å². The number of pyridine rings is 1. The Kier molecular flexibility index (Phi) is 5.44. The molecule has 0 N–H and O–H groups in total. The molecule has 3 heterocycles. The van der Waals surface area contributed by atoms with Crippen LogP contribution in [0.5, 0.6) is 0 Å². The monoisotopic (exact) mass is 368 g/mol. The molecule has 1 aromatic heterocycles. The van der Waals surface area contributed by atoms with Gasteiger partial charge in [-0.1, -0.05) is 31.5 Å². The highest BCUT2D eigenvalue weighted by Gasteiger charge is 2.45. The molecule has 136 valence electrons. The largest absolute Gasteiger partial charge is 0.358 e. The smallest absolute Gasteiger partial charge is 0.289 e. The van der Waals surface area contributed by atoms with Crippen molar-refractivity contribution in [1.29, 1.82) is 0 Å². The van der Waals surface area contributed by atoms with Gasteiger partial charge in [-0.3, -0.25) is 10.1 Å². The Balaban J connectivity index is 1.89. The van der Waals surface area contributed by atoms with Crippen LogP contribution >= 0.6 is 11.6 Å². The van der Waals surface area contributed by atoms with E-state index in [1.807, 2.05) is 13.0 Å². The lowest BCUT2D eigenvalue weighted by molar-refractivity contribution is -0.439. The molecule has 0 saturated carbocycles. The molecule has 2 aliphatic heterocycles. The Morgan fingerprint density at radius 3 is 2.92 bits per heavy atom. The molecule has 8 heteroatoms. The lowest BCUT2D eigenvalue weighted by Crippen LogP contribution is -2.43. The number of aromatic nitrogens is 1. The topological polar surface area (TPSA) is 71.7 Å². The standard InChI is InChI=1S/C17H23ClN4O3/c1-3-8-25-15-9-12(2)16(22(23)24)17-20(6-7-21(15)17)11-13-4-5-14(18)19-10-13/h4-5,10,12,15H,3,6-9,11H2,1-2H3/t12-,15-/m0/s1/i16+2. The molecule has 2 aliphatic rings. The molecule has 0 aromatic carbocycles. The summed E-state index contributed by atoms with van der Waals surface area (Å²) in [5, 5.41) is 12.1. The minimum absolute atomic E-state index is 0.0954. The van der Waals surface area contributed by atoms with Gasteiger partial charge in [0.2, 0.25) is 0 Å². The highest BCUT2D eigenvalue weighted by Crippen LogP contribution is 2.37. The third-order valence-electron chi connectivity index (χ3n) is 4.65. The number of rotatable bonds is 6. The second-order valence-corrected chi connectivity index (χ2v) is 6.92. The van der Waals surface area contributed by atoms with Crippen LogP contribution in [0.15, 0.2) is 29.8 Å². The van der Waals surface area contributed by atoms with E-state index in [1.54, 1.807) is 12.3 Å². The first-order chi connectivity index (χ1) is 12.0. The Morgan fingerprint density at radius 1 is 1.48 bits per heavy atom. The molecular weight excluding hydrogens is 346 g/mol. The maximum absolute atomic E-state index is 11.7. The molecule has 7 nitrogen and oxygen atoms in total. The summed E-state index contributed by atoms with van der Waals surface area (Å²) in [6, 6.07) is 3.64. The van der Waals surface area contributed by atoms with Gasteiger partial charge >= 0.3 is 0 Å². The average Bonchev–Trinajstić information content (AvgIpc) is 2.98. The molecular formula is C17H23ClN4O3. The number of fused-ring (bicyclic) bond motifs is 1. The third kappa shape index (κ3) is 3.72. The summed E-state index contributed by atoms with van der Waals surface area (Å²) >= 11 is 5.84. The number of hydrogen-bond donors (Lipinski definition) is 0. The van der Waals surface area contributed by atoms with E-state index in [9.17, 15) is 10.1 Å². The summed E-state index contributed by atoms with van der Waals surface area (Å²) in [6.45, 7) is 6.67. The minimum Gasteiger partial charge on any atom is -0.358 e. The number of allylic oxidation sites excluding steroid dienone is 1. The Morgan fingerprint density at radius 2 is 2.28 bits per heavy atom. The fourth-order valence-electron chi connectivity index (χ4n) is 3.52. The van der Waals surface area contributed by atoms with Gasteiger partial charge in [0.25, 0.3) is 5.70 Å². The van der Waals surface area contributed by atoms with Crippen molar-refractivity contribution in [2.75, 3.05) is 19.7 Å². The zero-order valence-electron chi connectivity index (χ0n) is 14.5. The molecule has 25 heavy (non-hydrogen) atoms. The molecule has 0 amide bonds. The molecule has 0 spiro atoms. The first kappa shape index (κ1) is 17.9. The van der Waals surface area contributed by atoms with E-state index in [2.05, 4.69) is 21.7 Å². The maximum atomic E-state index is 11.7. The summed E-state index contributed by atoms with van der Waals surface area (Å²) in [7, 11) is 0. The van der Waals surface area contributed by atoms with Crippen molar-refractivity contribution in [3.63, 3.8) is 0 Å². The van der Waals surface area contributed by atoms with Gasteiger partial charge in [0.1, 0.15) is 11.4 Å². The first-order valence-corrected chi connectivity index (χ1v) is 9.01. The summed E-state index contributed by atoms with van der Waals surface area (Å²) < 4.78 is 5.97. The number of hydrogen-bond acceptors (Lipinski definition) is 6. The molecule has 0 unspecified atom stereocenters. The van der Waals surface area contributed by atoms with Crippen LogP contribution in [0.1, 0.15) is 32.3 Å². The fraction of sp³-hybridized carbons (Fsp3) is 0.588. The Labute approximate surface area is 152 Å². The zero-order valence-corrected chi connectivity index (χ0v) is 15.3. The van der Waals surface area contributed by atoms with E-state index in [-0.39, 0.29) is 22.8 Å². The van der Waals surface area contributed by atoms with E-state index >= 15 is 0 Å². The van der Waals surface area contributed by atoms with Crippen molar-refractivity contribution in [2.45, 2.75) is 39.5 Å². The fourth-order valence-corrected chi connectivity index (χ4v) is 3.63. The molecule has 1 aromatic rings. The Hall–Kier alpha value is -1.86. The van der Waals surface area contributed by atoms with Crippen LogP contribution in [0.25, 0.3) is 0 Å². The predicted octanol–water partition coefficient (Wildman–Crippen LogP) is 3.09. The zero-order chi connectivity index (χ0) is 18.0. The van der Waals surface area contributed by atoms with Crippen molar-refractivity contribution in [3.05, 3.63) is 50.7 Å². The van der Waals surface area contributed by atoms with Crippen molar-refractivity contribution in [3.8, 4) is 0 Å². The number of ether oxygens (including phenoxy) is 1. The third-order valence-corrected chi connectivity index (χ3v) is 4.88. The summed E-state index contributed by atoms with van der Waals surface area (Å²) in [5.41, 5.74) is 1.27. The SMILES string of the molecule is CCCO[C@H]1C[C@H](C)[14C]([N+](=O)[O-])=C2N(Cc3ccc(Cl)nc3)CCN21. The van der Waals surface area contributed by atoms with Crippen LogP contribution in [0.2, 0.25) is 5.15 Å². The minimum atomic E-state index is -0.235. The second-order valence-electron chi connectivity index (χ2n) is 6.53. The molecule has 3 rings (SSSR count). The van der Waals surface area contributed by atoms with Crippen LogP contribution in [-0.4, -0.2) is 45.6 Å². The number of nitrogens with zero attached hydrogens (tertiary/aromatic N) is 4. The van der Waals surface area contributed by atoms with E-state index in [0.29, 0.717) is 30.5 Å². The van der Waals surface area contributed by atoms with Crippen molar-refractivity contribution in [1.82, 2.24) is 14.8 Å². The van der Waals surface area contributed by atoms with E-state index in [4.69, 9.17) is 16.3 Å². The summed E-state index contributed by atoms with van der Waals surface area (Å²) in [5.74, 6) is 0.548. The van der Waals surface area contributed by atoms with Crippen LogP contribution in [0.3, 0.4) is 0 Å². The van der Waals surface area contributed by atoms with Crippen molar-refractivity contribution >= 4 is 11.6 Å². The molecule has 1 fully saturated rings. The molecule has 0 radical (unpaired) electrons. The van der Waals surface area contributed by atoms with E-state index < -0.39 is 0 Å². The average molecular weight is 369 g/mol. The molecule has 0 aliphatic carbocycles. The highest BCUT2D eigenvalue weighted by molar-refractivity contribution is 6.29. The van der Waals surface area contributed by atoms with E-state index in [0.717, 1.165) is 25.1 Å². The second kappa shape index (κ2) is 7.58. The molecule has 1 saturated heterocycles. The summed E-state index contributed by atoms with van der Waals surface area (Å²) in [4.78, 5) is 19.7. The first-order valence-electron chi connectivity index (χ1n) is 8.63. The van der Waals surface area contributed by atoms with Gasteiger partial charge in [-0.15, -0.1) is 0 Å². The number of nitro groups is 1. The normalized spacial score (nSPS) is 23.2. The van der Waals surface area contributed by atoms with Gasteiger partial charge in [-0.25, -0.2) is 4.98 Å². The van der Waals surface area contributed by atoms with Gasteiger partial charge in [-0.05, 0) is 18.1 Å². The van der Waals surface area contributed by atoms with Gasteiger partial charge in [0, 0.05) is 38.9 Å². The van der Waals surface area contributed by atoms with Crippen LogP contribution in [0, 0.1) is 16.0 Å². The van der Waals surface area contributed by atoms with Crippen molar-refractivity contribution < 1.29 is 9.66 Å². The van der Waals surface area contributed by atoms with Gasteiger partial charge < -0.3 is 14.5 Å². The van der Waals surface area contributed by atoms with Crippen LogP contribution in [0.4, 0.5) is 0 Å². The molecule has 2 atom stereocenters. The van der Waals surface area contributed by atoms with Gasteiger partial charge in [0.15, 0.2) is 5.82 Å². The van der Waals surface area contributed by atoms with Gasteiger partial charge in [-0.2, -0.15) is 0 Å². The summed E-state index contributed by atoms with van der Waals surface area (Å²) in [6.07, 6.45) is 3.20. The Bertz CT molecular complexity index is 664. The van der Waals surface area contributed by atoms with Crippen molar-refractivity contribution in [2.24, 2.45) is 5.92 Å². The lowest BCUT2D eigenvalue weighted by Gasteiger charge is -2.37. The number of halogens is 1. The van der Waals surface area contributed by atoms with Crippen LogP contribution in [-0.2, 0) is 11.3 Å². The lowest BCUT2D eigenvalue weighted by atomic mass is 10.1. The highest BCUT2D eigenvalue weighted by atomic mass is 35.5. The van der Waals surface area contributed by atoms with E-state index in [1.165, 1.54) is 0 Å². The quantitative estimate of drug-likeness (QED) is 0.436. The molecule has 0 bridgehead atoms.